The number of ether oxygens (including phenoxy) is 2. The van der Waals surface area contributed by atoms with Crippen molar-refractivity contribution in [2.24, 2.45) is 5.92 Å². The SMILES string of the molecule is O=C(CCC1CCCCC1)Nc1cccc(-c2nc3cc4c(cc3[nH]2)OCCO4)c1. The molecule has 3 aromatic rings. The number of fused-ring (bicyclic) bond motifs is 2. The molecule has 1 fully saturated rings. The highest BCUT2D eigenvalue weighted by Crippen LogP contribution is 2.35. The van der Waals surface area contributed by atoms with E-state index < -0.39 is 0 Å². The Kier molecular flexibility index (Phi) is 5.30. The fourth-order valence-corrected chi connectivity index (χ4v) is 4.46. The number of aromatic nitrogens is 2. The van der Waals surface area contributed by atoms with Crippen molar-refractivity contribution in [3.63, 3.8) is 0 Å². The molecule has 1 saturated carbocycles. The maximum absolute atomic E-state index is 12.4. The second kappa shape index (κ2) is 8.38. The number of hydrogen-bond acceptors (Lipinski definition) is 4. The van der Waals surface area contributed by atoms with Gasteiger partial charge < -0.3 is 19.8 Å². The third-order valence-electron chi connectivity index (χ3n) is 6.07. The summed E-state index contributed by atoms with van der Waals surface area (Å²) >= 11 is 0. The quantitative estimate of drug-likeness (QED) is 0.604. The Bertz CT molecular complexity index is 1010. The molecule has 5 rings (SSSR count). The van der Waals surface area contributed by atoms with Gasteiger partial charge in [-0.2, -0.15) is 0 Å². The Labute approximate surface area is 176 Å². The fourth-order valence-electron chi connectivity index (χ4n) is 4.46. The van der Waals surface area contributed by atoms with Gasteiger partial charge in [-0.1, -0.05) is 44.2 Å². The summed E-state index contributed by atoms with van der Waals surface area (Å²) in [6.45, 7) is 1.11. The first kappa shape index (κ1) is 19.0. The van der Waals surface area contributed by atoms with Gasteiger partial charge in [-0.05, 0) is 24.5 Å². The first-order valence-electron chi connectivity index (χ1n) is 10.9. The minimum atomic E-state index is 0.0873. The molecular formula is C24H27N3O3. The van der Waals surface area contributed by atoms with Crippen molar-refractivity contribution in [2.75, 3.05) is 18.5 Å². The maximum Gasteiger partial charge on any atom is 0.224 e. The molecule has 2 heterocycles. The summed E-state index contributed by atoms with van der Waals surface area (Å²) in [4.78, 5) is 20.5. The summed E-state index contributed by atoms with van der Waals surface area (Å²) in [5, 5.41) is 3.05. The van der Waals surface area contributed by atoms with Crippen molar-refractivity contribution >= 4 is 22.6 Å². The van der Waals surface area contributed by atoms with Gasteiger partial charge in [0.2, 0.25) is 5.91 Å². The molecule has 1 aliphatic heterocycles. The zero-order valence-electron chi connectivity index (χ0n) is 17.1. The van der Waals surface area contributed by atoms with Gasteiger partial charge in [0.05, 0.1) is 11.0 Å². The summed E-state index contributed by atoms with van der Waals surface area (Å²) in [7, 11) is 0. The summed E-state index contributed by atoms with van der Waals surface area (Å²) < 4.78 is 11.3. The Morgan fingerprint density at radius 3 is 2.70 bits per heavy atom. The first-order valence-corrected chi connectivity index (χ1v) is 10.9. The number of imidazole rings is 1. The van der Waals surface area contributed by atoms with E-state index in [4.69, 9.17) is 14.5 Å². The molecule has 1 aliphatic carbocycles. The Hall–Kier alpha value is -3.02. The van der Waals surface area contributed by atoms with Crippen LogP contribution >= 0.6 is 0 Å². The lowest BCUT2D eigenvalue weighted by Gasteiger charge is -2.21. The molecule has 0 radical (unpaired) electrons. The number of nitrogens with one attached hydrogen (secondary N) is 2. The smallest absolute Gasteiger partial charge is 0.224 e. The predicted molar refractivity (Wildman–Crippen MR) is 117 cm³/mol. The summed E-state index contributed by atoms with van der Waals surface area (Å²) in [5.74, 6) is 3.02. The number of rotatable bonds is 5. The van der Waals surface area contributed by atoms with Gasteiger partial charge in [-0.15, -0.1) is 0 Å². The molecule has 2 N–H and O–H groups in total. The largest absolute Gasteiger partial charge is 0.486 e. The van der Waals surface area contributed by atoms with Crippen molar-refractivity contribution in [1.29, 1.82) is 0 Å². The molecule has 2 aromatic carbocycles. The lowest BCUT2D eigenvalue weighted by atomic mass is 9.86. The van der Waals surface area contributed by atoms with Gasteiger partial charge >= 0.3 is 0 Å². The second-order valence-electron chi connectivity index (χ2n) is 8.27. The fraction of sp³-hybridized carbons (Fsp3) is 0.417. The lowest BCUT2D eigenvalue weighted by molar-refractivity contribution is -0.116. The van der Waals surface area contributed by atoms with Crippen LogP contribution in [0.4, 0.5) is 5.69 Å². The highest BCUT2D eigenvalue weighted by Gasteiger charge is 2.17. The van der Waals surface area contributed by atoms with Crippen LogP contribution in [0.5, 0.6) is 11.5 Å². The van der Waals surface area contributed by atoms with Gasteiger partial charge in [0.25, 0.3) is 0 Å². The molecule has 0 saturated heterocycles. The van der Waals surface area contributed by atoms with E-state index in [0.717, 1.165) is 46.0 Å². The van der Waals surface area contributed by atoms with Crippen LogP contribution in [0.25, 0.3) is 22.4 Å². The van der Waals surface area contributed by atoms with Crippen LogP contribution in [0, 0.1) is 5.92 Å². The number of benzene rings is 2. The van der Waals surface area contributed by atoms with Crippen LogP contribution in [-0.2, 0) is 4.79 Å². The summed E-state index contributed by atoms with van der Waals surface area (Å²) in [6.07, 6.45) is 8.09. The van der Waals surface area contributed by atoms with E-state index in [0.29, 0.717) is 25.6 Å². The number of hydrogen-bond donors (Lipinski definition) is 2. The van der Waals surface area contributed by atoms with Gasteiger partial charge in [0.1, 0.15) is 19.0 Å². The van der Waals surface area contributed by atoms with Crippen molar-refractivity contribution in [1.82, 2.24) is 9.97 Å². The summed E-state index contributed by atoms with van der Waals surface area (Å²) in [6, 6.07) is 11.6. The van der Waals surface area contributed by atoms with Crippen LogP contribution in [0.2, 0.25) is 0 Å². The average molecular weight is 405 g/mol. The monoisotopic (exact) mass is 405 g/mol. The van der Waals surface area contributed by atoms with E-state index in [1.807, 2.05) is 36.4 Å². The number of carbonyl (C=O) groups excluding carboxylic acids is 1. The van der Waals surface area contributed by atoms with E-state index in [2.05, 4.69) is 10.3 Å². The van der Waals surface area contributed by atoms with Crippen LogP contribution in [0.15, 0.2) is 36.4 Å². The number of amides is 1. The Morgan fingerprint density at radius 2 is 1.87 bits per heavy atom. The molecule has 0 unspecified atom stereocenters. The Morgan fingerprint density at radius 1 is 1.07 bits per heavy atom. The average Bonchev–Trinajstić information content (AvgIpc) is 3.20. The molecule has 1 amide bonds. The molecule has 0 bridgehead atoms. The molecule has 6 heteroatoms. The number of anilines is 1. The zero-order chi connectivity index (χ0) is 20.3. The van der Waals surface area contributed by atoms with Crippen LogP contribution in [0.1, 0.15) is 44.9 Å². The van der Waals surface area contributed by atoms with Gasteiger partial charge in [-0.25, -0.2) is 4.98 Å². The number of aromatic amines is 1. The maximum atomic E-state index is 12.4. The highest BCUT2D eigenvalue weighted by atomic mass is 16.6. The molecule has 156 valence electrons. The molecule has 0 spiro atoms. The van der Waals surface area contributed by atoms with E-state index in [-0.39, 0.29) is 5.91 Å². The normalized spacial score (nSPS) is 16.5. The van der Waals surface area contributed by atoms with E-state index in [1.165, 1.54) is 32.1 Å². The lowest BCUT2D eigenvalue weighted by Crippen LogP contribution is -2.15. The first-order chi connectivity index (χ1) is 14.7. The van der Waals surface area contributed by atoms with Gasteiger partial charge in [0, 0.05) is 29.8 Å². The van der Waals surface area contributed by atoms with Gasteiger partial charge in [-0.3, -0.25) is 4.79 Å². The van der Waals surface area contributed by atoms with E-state index in [1.54, 1.807) is 0 Å². The zero-order valence-corrected chi connectivity index (χ0v) is 17.1. The third-order valence-corrected chi connectivity index (χ3v) is 6.07. The molecule has 30 heavy (non-hydrogen) atoms. The van der Waals surface area contributed by atoms with Crippen LogP contribution in [-0.4, -0.2) is 29.1 Å². The van der Waals surface area contributed by atoms with Crippen molar-refractivity contribution < 1.29 is 14.3 Å². The Balaban J connectivity index is 1.29. The predicted octanol–water partition coefficient (Wildman–Crippen LogP) is 5.30. The van der Waals surface area contributed by atoms with Crippen molar-refractivity contribution in [2.45, 2.75) is 44.9 Å². The molecule has 1 aromatic heterocycles. The molecular weight excluding hydrogens is 378 g/mol. The minimum absolute atomic E-state index is 0.0873. The summed E-state index contributed by atoms with van der Waals surface area (Å²) in [5.41, 5.74) is 3.45. The van der Waals surface area contributed by atoms with E-state index in [9.17, 15) is 4.79 Å². The molecule has 2 aliphatic rings. The van der Waals surface area contributed by atoms with Crippen LogP contribution in [0.3, 0.4) is 0 Å². The molecule has 6 nitrogen and oxygen atoms in total. The number of H-pyrrole nitrogens is 1. The van der Waals surface area contributed by atoms with E-state index >= 15 is 0 Å². The number of carbonyl (C=O) groups is 1. The van der Waals surface area contributed by atoms with Crippen molar-refractivity contribution in [3.05, 3.63) is 36.4 Å². The molecule has 0 atom stereocenters. The standard InChI is InChI=1S/C24H27N3O3/c28-23(10-9-16-5-2-1-3-6-16)25-18-8-4-7-17(13-18)24-26-19-14-21-22(15-20(19)27-24)30-12-11-29-21/h4,7-8,13-16H,1-3,5-6,9-12H2,(H,25,28)(H,26,27). The van der Waals surface area contributed by atoms with Crippen molar-refractivity contribution in [3.8, 4) is 22.9 Å². The third kappa shape index (κ3) is 4.13. The number of nitrogens with zero attached hydrogens (tertiary/aromatic N) is 1. The highest BCUT2D eigenvalue weighted by molar-refractivity contribution is 5.91. The van der Waals surface area contributed by atoms with Gasteiger partial charge in [0.15, 0.2) is 11.5 Å². The topological polar surface area (TPSA) is 76.2 Å². The second-order valence-corrected chi connectivity index (χ2v) is 8.27. The minimum Gasteiger partial charge on any atom is -0.486 e. The van der Waals surface area contributed by atoms with Crippen LogP contribution < -0.4 is 14.8 Å².